The number of alkyl halides is 3. The molecule has 0 aliphatic carbocycles. The molecule has 1 amide bonds. The lowest BCUT2D eigenvalue weighted by atomic mass is 10.2. The van der Waals surface area contributed by atoms with E-state index in [1.807, 2.05) is 0 Å². The number of hydrogen-bond acceptors (Lipinski definition) is 6. The maximum absolute atomic E-state index is 12.7. The number of halogens is 3. The molecule has 2 heterocycles. The highest BCUT2D eigenvalue weighted by molar-refractivity contribution is 5.95. The van der Waals surface area contributed by atoms with Gasteiger partial charge < -0.3 is 15.4 Å². The van der Waals surface area contributed by atoms with Crippen LogP contribution in [0.1, 0.15) is 0 Å². The summed E-state index contributed by atoms with van der Waals surface area (Å²) in [4.78, 5) is 21.6. The minimum atomic E-state index is -4.37. The van der Waals surface area contributed by atoms with E-state index in [0.717, 1.165) is 4.90 Å². The summed E-state index contributed by atoms with van der Waals surface area (Å²) < 4.78 is 43.3. The Kier molecular flexibility index (Phi) is 5.87. The summed E-state index contributed by atoms with van der Waals surface area (Å²) in [5, 5.41) is 5.62. The maximum atomic E-state index is 12.7. The maximum Gasteiger partial charge on any atom is 0.401 e. The van der Waals surface area contributed by atoms with Gasteiger partial charge in [-0.15, -0.1) is 0 Å². The van der Waals surface area contributed by atoms with E-state index < -0.39 is 24.7 Å². The van der Waals surface area contributed by atoms with E-state index in [1.165, 1.54) is 0 Å². The van der Waals surface area contributed by atoms with Crippen molar-refractivity contribution in [2.24, 2.45) is 0 Å². The minimum absolute atomic E-state index is 0.0531. The first-order chi connectivity index (χ1) is 12.9. The van der Waals surface area contributed by atoms with E-state index in [1.54, 1.807) is 42.7 Å². The second-order valence-electron chi connectivity index (χ2n) is 5.94. The Morgan fingerprint density at radius 3 is 2.52 bits per heavy atom. The number of benzene rings is 1. The molecule has 0 spiro atoms. The molecule has 1 aliphatic rings. The van der Waals surface area contributed by atoms with Crippen LogP contribution < -0.4 is 10.6 Å². The molecule has 7 nitrogen and oxygen atoms in total. The molecular formula is C17H18F3N5O2. The highest BCUT2D eigenvalue weighted by Gasteiger charge is 2.38. The number of carbonyl (C=O) groups excluding carboxylic acids is 1. The summed E-state index contributed by atoms with van der Waals surface area (Å²) in [6.07, 6.45) is -1.17. The van der Waals surface area contributed by atoms with Gasteiger partial charge >= 0.3 is 6.18 Å². The normalized spacial score (nSPS) is 18.1. The summed E-state index contributed by atoms with van der Waals surface area (Å²) in [6.45, 7) is -0.999. The summed E-state index contributed by atoms with van der Waals surface area (Å²) in [5.41, 5.74) is 1.18. The molecule has 1 saturated heterocycles. The average molecular weight is 381 g/mol. The van der Waals surface area contributed by atoms with Crippen LogP contribution in [0.5, 0.6) is 0 Å². The molecule has 144 valence electrons. The van der Waals surface area contributed by atoms with Gasteiger partial charge in [-0.25, -0.2) is 9.97 Å². The van der Waals surface area contributed by atoms with Crippen LogP contribution in [-0.2, 0) is 9.53 Å². The number of aromatic nitrogens is 2. The first-order valence-corrected chi connectivity index (χ1v) is 8.24. The quantitative estimate of drug-likeness (QED) is 0.828. The van der Waals surface area contributed by atoms with Gasteiger partial charge in [0.05, 0.1) is 19.8 Å². The summed E-state index contributed by atoms with van der Waals surface area (Å²) in [6, 6.07) is 7.40. The van der Waals surface area contributed by atoms with Crippen molar-refractivity contribution in [1.29, 1.82) is 0 Å². The molecule has 2 N–H and O–H groups in total. The zero-order chi connectivity index (χ0) is 19.3. The number of nitrogens with zero attached hydrogens (tertiary/aromatic N) is 3. The first-order valence-electron chi connectivity index (χ1n) is 8.24. The van der Waals surface area contributed by atoms with Crippen LogP contribution in [0.3, 0.4) is 0 Å². The van der Waals surface area contributed by atoms with Gasteiger partial charge in [-0.1, -0.05) is 0 Å². The Balaban J connectivity index is 1.61. The van der Waals surface area contributed by atoms with Gasteiger partial charge in [0, 0.05) is 30.3 Å². The Morgan fingerprint density at radius 1 is 1.19 bits per heavy atom. The Labute approximate surface area is 153 Å². The number of hydrogen-bond donors (Lipinski definition) is 2. The minimum Gasteiger partial charge on any atom is -0.378 e. The van der Waals surface area contributed by atoms with E-state index >= 15 is 0 Å². The fourth-order valence-electron chi connectivity index (χ4n) is 2.65. The number of carbonyl (C=O) groups is 1. The second-order valence-corrected chi connectivity index (χ2v) is 5.94. The molecule has 3 rings (SSSR count). The number of ether oxygens (including phenoxy) is 1. The molecule has 1 aromatic heterocycles. The van der Waals surface area contributed by atoms with Gasteiger partial charge in [0.15, 0.2) is 0 Å². The predicted molar refractivity (Wildman–Crippen MR) is 92.6 cm³/mol. The standard InChI is InChI=1S/C17H18F3N5O2/c18-17(19,20)11-25-8-9-27-10-14(25)15(26)23-12-2-4-13(5-3-12)24-16-21-6-1-7-22-16/h1-7,14H,8-11H2,(H,23,26)(H,21,22,24). The van der Waals surface area contributed by atoms with Crippen LogP contribution in [0.15, 0.2) is 42.7 Å². The molecule has 27 heavy (non-hydrogen) atoms. The zero-order valence-electron chi connectivity index (χ0n) is 14.2. The summed E-state index contributed by atoms with van der Waals surface area (Å²) in [7, 11) is 0. The molecule has 1 aromatic carbocycles. The first kappa shape index (κ1) is 19.1. The fraction of sp³-hybridized carbons (Fsp3) is 0.353. The van der Waals surface area contributed by atoms with Gasteiger partial charge in [-0.3, -0.25) is 9.69 Å². The SMILES string of the molecule is O=C(Nc1ccc(Nc2ncccn2)cc1)C1COCCN1CC(F)(F)F. The van der Waals surface area contributed by atoms with Gasteiger partial charge in [0.2, 0.25) is 11.9 Å². The summed E-state index contributed by atoms with van der Waals surface area (Å²) in [5.74, 6) is -0.109. The molecule has 0 bridgehead atoms. The molecule has 1 unspecified atom stereocenters. The van der Waals surface area contributed by atoms with Crippen molar-refractivity contribution in [3.8, 4) is 0 Å². The van der Waals surface area contributed by atoms with Crippen LogP contribution in [0.2, 0.25) is 0 Å². The topological polar surface area (TPSA) is 79.4 Å². The predicted octanol–water partition coefficient (Wildman–Crippen LogP) is 2.42. The van der Waals surface area contributed by atoms with Crippen molar-refractivity contribution < 1.29 is 22.7 Å². The van der Waals surface area contributed by atoms with Crippen LogP contribution in [-0.4, -0.2) is 59.3 Å². The third-order valence-corrected chi connectivity index (χ3v) is 3.90. The number of amides is 1. The van der Waals surface area contributed by atoms with Crippen molar-refractivity contribution in [3.05, 3.63) is 42.7 Å². The molecule has 1 aliphatic heterocycles. The molecule has 2 aromatic rings. The third kappa shape index (κ3) is 5.63. The molecule has 0 saturated carbocycles. The van der Waals surface area contributed by atoms with Crippen molar-refractivity contribution >= 4 is 23.2 Å². The largest absolute Gasteiger partial charge is 0.401 e. The lowest BCUT2D eigenvalue weighted by molar-refractivity contribution is -0.165. The Morgan fingerprint density at radius 2 is 1.85 bits per heavy atom. The van der Waals surface area contributed by atoms with Gasteiger partial charge in [0.25, 0.3) is 0 Å². The van der Waals surface area contributed by atoms with Crippen LogP contribution in [0, 0.1) is 0 Å². The highest BCUT2D eigenvalue weighted by atomic mass is 19.4. The second kappa shape index (κ2) is 8.31. The number of rotatable bonds is 5. The molecular weight excluding hydrogens is 363 g/mol. The third-order valence-electron chi connectivity index (χ3n) is 3.90. The smallest absolute Gasteiger partial charge is 0.378 e. The number of morpholine rings is 1. The van der Waals surface area contributed by atoms with Crippen LogP contribution >= 0.6 is 0 Å². The van der Waals surface area contributed by atoms with Gasteiger partial charge in [-0.2, -0.15) is 13.2 Å². The Bertz CT molecular complexity index is 755. The molecule has 0 radical (unpaired) electrons. The van der Waals surface area contributed by atoms with Crippen LogP contribution in [0.25, 0.3) is 0 Å². The van der Waals surface area contributed by atoms with Crippen molar-refractivity contribution in [2.75, 3.05) is 36.9 Å². The highest BCUT2D eigenvalue weighted by Crippen LogP contribution is 2.21. The van der Waals surface area contributed by atoms with Gasteiger partial charge in [-0.05, 0) is 30.3 Å². The van der Waals surface area contributed by atoms with E-state index in [-0.39, 0.29) is 19.8 Å². The van der Waals surface area contributed by atoms with E-state index in [0.29, 0.717) is 17.3 Å². The summed E-state index contributed by atoms with van der Waals surface area (Å²) >= 11 is 0. The number of nitrogens with one attached hydrogen (secondary N) is 2. The fourth-order valence-corrected chi connectivity index (χ4v) is 2.65. The van der Waals surface area contributed by atoms with Crippen LogP contribution in [0.4, 0.5) is 30.5 Å². The van der Waals surface area contributed by atoms with E-state index in [2.05, 4.69) is 20.6 Å². The monoisotopic (exact) mass is 381 g/mol. The van der Waals surface area contributed by atoms with Gasteiger partial charge in [0.1, 0.15) is 6.04 Å². The number of anilines is 3. The molecule has 10 heteroatoms. The molecule has 1 atom stereocenters. The van der Waals surface area contributed by atoms with Crippen molar-refractivity contribution in [1.82, 2.24) is 14.9 Å². The molecule has 1 fully saturated rings. The van der Waals surface area contributed by atoms with Crippen molar-refractivity contribution in [2.45, 2.75) is 12.2 Å². The zero-order valence-corrected chi connectivity index (χ0v) is 14.2. The average Bonchev–Trinajstić information content (AvgIpc) is 2.63. The van der Waals surface area contributed by atoms with Crippen molar-refractivity contribution in [3.63, 3.8) is 0 Å². The lowest BCUT2D eigenvalue weighted by Gasteiger charge is -2.34. The Hall–Kier alpha value is -2.72. The van der Waals surface area contributed by atoms with E-state index in [9.17, 15) is 18.0 Å². The lowest BCUT2D eigenvalue weighted by Crippen LogP contribution is -2.54. The van der Waals surface area contributed by atoms with E-state index in [4.69, 9.17) is 4.74 Å².